The molecule has 3 N–H and O–H groups in total. The quantitative estimate of drug-likeness (QED) is 0.817. The highest BCUT2D eigenvalue weighted by molar-refractivity contribution is 5.76. The van der Waals surface area contributed by atoms with Crippen LogP contribution in [0.5, 0.6) is 5.75 Å². The number of hydrogen-bond acceptors (Lipinski definition) is 3. The number of benzene rings is 1. The van der Waals surface area contributed by atoms with E-state index in [2.05, 4.69) is 0 Å². The molecule has 0 bridgehead atoms. The van der Waals surface area contributed by atoms with Gasteiger partial charge in [-0.1, -0.05) is 12.1 Å². The first-order chi connectivity index (χ1) is 8.33. The summed E-state index contributed by atoms with van der Waals surface area (Å²) in [6.45, 7) is 0.0183. The van der Waals surface area contributed by atoms with Gasteiger partial charge in [0.25, 0.3) is 5.92 Å². The van der Waals surface area contributed by atoms with Gasteiger partial charge in [-0.05, 0) is 17.7 Å². The van der Waals surface area contributed by atoms with E-state index in [0.717, 1.165) is 6.92 Å². The van der Waals surface area contributed by atoms with Gasteiger partial charge in [-0.3, -0.25) is 4.79 Å². The molecule has 0 aliphatic heterocycles. The van der Waals surface area contributed by atoms with Gasteiger partial charge >= 0.3 is 5.97 Å². The van der Waals surface area contributed by atoms with Crippen LogP contribution in [0.4, 0.5) is 8.78 Å². The average Bonchev–Trinajstić information content (AvgIpc) is 2.27. The molecular weight excluding hydrogens is 244 g/mol. The molecule has 100 valence electrons. The summed E-state index contributed by atoms with van der Waals surface area (Å²) >= 11 is 0. The van der Waals surface area contributed by atoms with Crippen molar-refractivity contribution in [2.45, 2.75) is 18.8 Å². The van der Waals surface area contributed by atoms with Crippen LogP contribution in [0.15, 0.2) is 24.3 Å². The molecule has 1 atom stereocenters. The molecule has 0 heterocycles. The topological polar surface area (TPSA) is 72.5 Å². The predicted molar refractivity (Wildman–Crippen MR) is 62.0 cm³/mol. The minimum absolute atomic E-state index is 0.0252. The van der Waals surface area contributed by atoms with Crippen LogP contribution in [0, 0.1) is 0 Å². The van der Waals surface area contributed by atoms with Crippen LogP contribution in [0.2, 0.25) is 0 Å². The second kappa shape index (κ2) is 5.77. The Bertz CT molecular complexity index is 401. The lowest BCUT2D eigenvalue weighted by Crippen LogP contribution is -2.22. The van der Waals surface area contributed by atoms with E-state index in [1.54, 1.807) is 0 Å². The van der Waals surface area contributed by atoms with Crippen molar-refractivity contribution >= 4 is 5.97 Å². The lowest BCUT2D eigenvalue weighted by molar-refractivity contribution is -0.138. The zero-order valence-corrected chi connectivity index (χ0v) is 9.90. The van der Waals surface area contributed by atoms with Crippen molar-refractivity contribution in [3.8, 4) is 5.75 Å². The van der Waals surface area contributed by atoms with E-state index in [1.165, 1.54) is 24.3 Å². The largest absolute Gasteiger partial charge is 0.487 e. The van der Waals surface area contributed by atoms with Crippen LogP contribution in [0.25, 0.3) is 0 Å². The lowest BCUT2D eigenvalue weighted by atomic mass is 9.99. The van der Waals surface area contributed by atoms with Crippen LogP contribution in [-0.2, 0) is 4.79 Å². The summed E-state index contributed by atoms with van der Waals surface area (Å²) in [5.41, 5.74) is 5.86. The molecule has 0 aromatic heterocycles. The van der Waals surface area contributed by atoms with Gasteiger partial charge in [-0.15, -0.1) is 0 Å². The second-order valence-electron chi connectivity index (χ2n) is 4.05. The molecule has 0 aliphatic carbocycles. The minimum atomic E-state index is -2.90. The van der Waals surface area contributed by atoms with Crippen LogP contribution < -0.4 is 10.5 Å². The van der Waals surface area contributed by atoms with Crippen LogP contribution in [-0.4, -0.2) is 30.2 Å². The third-order valence-corrected chi connectivity index (χ3v) is 2.31. The monoisotopic (exact) mass is 259 g/mol. The van der Waals surface area contributed by atoms with Crippen molar-refractivity contribution in [1.29, 1.82) is 0 Å². The maximum atomic E-state index is 12.6. The maximum absolute atomic E-state index is 12.6. The van der Waals surface area contributed by atoms with Crippen molar-refractivity contribution in [2.24, 2.45) is 5.73 Å². The Hall–Kier alpha value is -1.69. The maximum Gasteiger partial charge on any atom is 0.312 e. The van der Waals surface area contributed by atoms with E-state index >= 15 is 0 Å². The molecule has 1 rings (SSSR count). The number of nitrogens with two attached hydrogens (primary N) is 1. The number of carboxylic acid groups (broad SMARTS) is 1. The Kier molecular flexibility index (Phi) is 4.61. The average molecular weight is 259 g/mol. The molecule has 0 saturated heterocycles. The molecule has 4 nitrogen and oxygen atoms in total. The van der Waals surface area contributed by atoms with Crippen molar-refractivity contribution in [3.05, 3.63) is 29.8 Å². The fraction of sp³-hybridized carbons (Fsp3) is 0.417. The number of carboxylic acids is 1. The van der Waals surface area contributed by atoms with Crippen LogP contribution >= 0.6 is 0 Å². The highest BCUT2D eigenvalue weighted by Crippen LogP contribution is 2.21. The first kappa shape index (κ1) is 14.4. The minimum Gasteiger partial charge on any atom is -0.487 e. The lowest BCUT2D eigenvalue weighted by Gasteiger charge is -2.13. The van der Waals surface area contributed by atoms with Gasteiger partial charge in [0, 0.05) is 13.5 Å². The normalized spacial score (nSPS) is 13.1. The Morgan fingerprint density at radius 3 is 2.39 bits per heavy atom. The SMILES string of the molecule is CC(F)(F)COc1ccc(C(CN)C(=O)O)cc1. The smallest absolute Gasteiger partial charge is 0.312 e. The zero-order valence-electron chi connectivity index (χ0n) is 9.90. The van der Waals surface area contributed by atoms with Crippen LogP contribution in [0.3, 0.4) is 0 Å². The van der Waals surface area contributed by atoms with E-state index < -0.39 is 24.4 Å². The molecule has 0 aliphatic rings. The van der Waals surface area contributed by atoms with Gasteiger partial charge in [0.15, 0.2) is 6.61 Å². The molecule has 0 saturated carbocycles. The number of rotatable bonds is 6. The summed E-state index contributed by atoms with van der Waals surface area (Å²) in [4.78, 5) is 10.9. The first-order valence-corrected chi connectivity index (χ1v) is 5.37. The number of alkyl halides is 2. The van der Waals surface area contributed by atoms with Crippen molar-refractivity contribution < 1.29 is 23.4 Å². The van der Waals surface area contributed by atoms with Crippen molar-refractivity contribution in [3.63, 3.8) is 0 Å². The molecule has 0 fully saturated rings. The van der Waals surface area contributed by atoms with Crippen molar-refractivity contribution in [1.82, 2.24) is 0 Å². The molecule has 0 spiro atoms. The van der Waals surface area contributed by atoms with Gasteiger partial charge in [-0.2, -0.15) is 0 Å². The number of hydrogen-bond donors (Lipinski definition) is 2. The number of ether oxygens (including phenoxy) is 1. The number of halogens is 2. The summed E-state index contributed by atoms with van der Waals surface area (Å²) in [6, 6.07) is 5.92. The van der Waals surface area contributed by atoms with Gasteiger partial charge in [0.2, 0.25) is 0 Å². The molecule has 1 aromatic rings. The van der Waals surface area contributed by atoms with E-state index in [9.17, 15) is 13.6 Å². The standard InChI is InChI=1S/C12H15F2NO3/c1-12(13,14)7-18-9-4-2-8(3-5-9)10(6-15)11(16)17/h2-5,10H,6-7,15H2,1H3,(H,16,17). The van der Waals surface area contributed by atoms with E-state index in [-0.39, 0.29) is 12.3 Å². The highest BCUT2D eigenvalue weighted by Gasteiger charge is 2.22. The zero-order chi connectivity index (χ0) is 13.8. The van der Waals surface area contributed by atoms with Gasteiger partial charge in [0.05, 0.1) is 5.92 Å². The molecule has 1 unspecified atom stereocenters. The Morgan fingerprint density at radius 2 is 2.00 bits per heavy atom. The third-order valence-electron chi connectivity index (χ3n) is 2.31. The van der Waals surface area contributed by atoms with E-state index in [0.29, 0.717) is 5.56 Å². The Labute approximate surface area is 103 Å². The van der Waals surface area contributed by atoms with Gasteiger partial charge in [-0.25, -0.2) is 8.78 Å². The number of carbonyl (C=O) groups is 1. The Morgan fingerprint density at radius 1 is 1.44 bits per heavy atom. The number of aliphatic carboxylic acids is 1. The summed E-state index contributed by atoms with van der Waals surface area (Å²) in [7, 11) is 0. The fourth-order valence-electron chi connectivity index (χ4n) is 1.39. The fourth-order valence-corrected chi connectivity index (χ4v) is 1.39. The van der Waals surface area contributed by atoms with E-state index in [4.69, 9.17) is 15.6 Å². The molecule has 1 aromatic carbocycles. The van der Waals surface area contributed by atoms with Gasteiger partial charge in [0.1, 0.15) is 5.75 Å². The third kappa shape index (κ3) is 4.29. The summed E-state index contributed by atoms with van der Waals surface area (Å²) < 4.78 is 30.0. The molecule has 0 amide bonds. The molecule has 0 radical (unpaired) electrons. The molecular formula is C12H15F2NO3. The second-order valence-corrected chi connectivity index (χ2v) is 4.05. The highest BCUT2D eigenvalue weighted by atomic mass is 19.3. The van der Waals surface area contributed by atoms with Crippen LogP contribution in [0.1, 0.15) is 18.4 Å². The summed E-state index contributed by atoms with van der Waals surface area (Å²) in [6.07, 6.45) is 0. The molecule has 18 heavy (non-hydrogen) atoms. The van der Waals surface area contributed by atoms with E-state index in [1.807, 2.05) is 0 Å². The Balaban J connectivity index is 2.71. The predicted octanol–water partition coefficient (Wildman–Crippen LogP) is 1.85. The van der Waals surface area contributed by atoms with Crippen molar-refractivity contribution in [2.75, 3.05) is 13.2 Å². The first-order valence-electron chi connectivity index (χ1n) is 5.37. The van der Waals surface area contributed by atoms with Gasteiger partial charge < -0.3 is 15.6 Å². The summed E-state index contributed by atoms with van der Waals surface area (Å²) in [5.74, 6) is -4.46. The summed E-state index contributed by atoms with van der Waals surface area (Å²) in [5, 5.41) is 8.90. The molecule has 6 heteroatoms.